The van der Waals surface area contributed by atoms with E-state index in [1.807, 2.05) is 24.3 Å². The van der Waals surface area contributed by atoms with Crippen LogP contribution in [0.5, 0.6) is 0 Å². The number of benzene rings is 1. The summed E-state index contributed by atoms with van der Waals surface area (Å²) in [4.78, 5) is 13.4. The van der Waals surface area contributed by atoms with Crippen molar-refractivity contribution < 1.29 is 9.53 Å². The van der Waals surface area contributed by atoms with Crippen molar-refractivity contribution in [3.8, 4) is 0 Å². The van der Waals surface area contributed by atoms with Gasteiger partial charge < -0.3 is 15.0 Å². The number of ether oxygens (including phenoxy) is 1. The molecule has 1 aliphatic rings. The van der Waals surface area contributed by atoms with E-state index in [1.54, 1.807) is 19.0 Å². The van der Waals surface area contributed by atoms with Crippen molar-refractivity contribution in [1.82, 2.24) is 4.90 Å². The van der Waals surface area contributed by atoms with Crippen molar-refractivity contribution >= 4 is 11.6 Å². The van der Waals surface area contributed by atoms with Gasteiger partial charge in [-0.25, -0.2) is 0 Å². The van der Waals surface area contributed by atoms with Crippen LogP contribution < -0.4 is 5.32 Å². The van der Waals surface area contributed by atoms with E-state index < -0.39 is 0 Å². The monoisotopic (exact) mass is 276 g/mol. The van der Waals surface area contributed by atoms with E-state index in [0.29, 0.717) is 11.6 Å². The van der Waals surface area contributed by atoms with Crippen LogP contribution in [0, 0.1) is 0 Å². The lowest BCUT2D eigenvalue weighted by Gasteiger charge is -2.36. The van der Waals surface area contributed by atoms with Crippen LogP contribution in [0.3, 0.4) is 0 Å². The number of rotatable bonds is 3. The standard InChI is InChI=1S/C16H24N2O2/c1-16(2)11-14(9-10-20-16)17-13-7-5-12(6-8-13)15(19)18(3)4/h5-8,14,17H,9-11H2,1-4H3. The molecule has 1 atom stereocenters. The van der Waals surface area contributed by atoms with Crippen LogP contribution in [0.4, 0.5) is 5.69 Å². The Kier molecular flexibility index (Phi) is 4.33. The Morgan fingerprint density at radius 2 is 1.95 bits per heavy atom. The van der Waals surface area contributed by atoms with Gasteiger partial charge in [-0.3, -0.25) is 4.79 Å². The van der Waals surface area contributed by atoms with Crippen LogP contribution in [0.2, 0.25) is 0 Å². The molecule has 4 heteroatoms. The Balaban J connectivity index is 1.99. The second-order valence-electron chi connectivity index (χ2n) is 6.22. The van der Waals surface area contributed by atoms with Gasteiger partial charge in [0.15, 0.2) is 0 Å². The molecule has 1 amide bonds. The van der Waals surface area contributed by atoms with Gasteiger partial charge in [-0.2, -0.15) is 0 Å². The predicted octanol–water partition coefficient (Wildman–Crippen LogP) is 2.76. The highest BCUT2D eigenvalue weighted by Gasteiger charge is 2.28. The summed E-state index contributed by atoms with van der Waals surface area (Å²) in [6.45, 7) is 5.04. The Hall–Kier alpha value is -1.55. The molecule has 1 unspecified atom stereocenters. The van der Waals surface area contributed by atoms with Gasteiger partial charge in [0.05, 0.1) is 5.60 Å². The van der Waals surface area contributed by atoms with Crippen molar-refractivity contribution in [1.29, 1.82) is 0 Å². The summed E-state index contributed by atoms with van der Waals surface area (Å²) in [5.41, 5.74) is 1.72. The third-order valence-electron chi connectivity index (χ3n) is 3.61. The molecule has 0 radical (unpaired) electrons. The Labute approximate surface area is 121 Å². The minimum atomic E-state index is -0.0588. The van der Waals surface area contributed by atoms with Gasteiger partial charge in [0.2, 0.25) is 0 Å². The number of anilines is 1. The summed E-state index contributed by atoms with van der Waals surface area (Å²) in [6.07, 6.45) is 2.01. The predicted molar refractivity (Wildman–Crippen MR) is 81.1 cm³/mol. The summed E-state index contributed by atoms with van der Waals surface area (Å²) >= 11 is 0. The fourth-order valence-electron chi connectivity index (χ4n) is 2.56. The second-order valence-corrected chi connectivity index (χ2v) is 6.22. The summed E-state index contributed by atoms with van der Waals surface area (Å²) in [5.74, 6) is 0.0312. The highest BCUT2D eigenvalue weighted by molar-refractivity contribution is 5.94. The number of amides is 1. The van der Waals surface area contributed by atoms with Gasteiger partial charge in [-0.15, -0.1) is 0 Å². The molecule has 1 fully saturated rings. The van der Waals surface area contributed by atoms with Gasteiger partial charge in [-0.05, 0) is 51.0 Å². The fourth-order valence-corrected chi connectivity index (χ4v) is 2.56. The molecule has 0 spiro atoms. The third-order valence-corrected chi connectivity index (χ3v) is 3.61. The van der Waals surface area contributed by atoms with E-state index in [2.05, 4.69) is 19.2 Å². The molecule has 0 saturated carbocycles. The van der Waals surface area contributed by atoms with E-state index in [4.69, 9.17) is 4.74 Å². The minimum Gasteiger partial charge on any atom is -0.382 e. The maximum atomic E-state index is 11.8. The molecule has 1 saturated heterocycles. The lowest BCUT2D eigenvalue weighted by molar-refractivity contribution is -0.0553. The Morgan fingerprint density at radius 1 is 1.30 bits per heavy atom. The maximum absolute atomic E-state index is 11.8. The molecule has 1 aromatic rings. The van der Waals surface area contributed by atoms with Gasteiger partial charge in [0.1, 0.15) is 0 Å². The molecule has 0 aromatic heterocycles. The van der Waals surface area contributed by atoms with E-state index in [0.717, 1.165) is 25.1 Å². The molecule has 20 heavy (non-hydrogen) atoms. The van der Waals surface area contributed by atoms with Gasteiger partial charge >= 0.3 is 0 Å². The highest BCUT2D eigenvalue weighted by atomic mass is 16.5. The molecule has 1 aliphatic heterocycles. The van der Waals surface area contributed by atoms with Crippen LogP contribution in [0.15, 0.2) is 24.3 Å². The first kappa shape index (κ1) is 14.9. The lowest BCUT2D eigenvalue weighted by Crippen LogP contribution is -2.40. The topological polar surface area (TPSA) is 41.6 Å². The third kappa shape index (κ3) is 3.73. The van der Waals surface area contributed by atoms with E-state index in [-0.39, 0.29) is 11.5 Å². The molecule has 1 aromatic carbocycles. The molecular weight excluding hydrogens is 252 g/mol. The smallest absolute Gasteiger partial charge is 0.253 e. The fraction of sp³-hybridized carbons (Fsp3) is 0.562. The average Bonchev–Trinajstić information content (AvgIpc) is 2.37. The van der Waals surface area contributed by atoms with Gasteiger partial charge in [-0.1, -0.05) is 0 Å². The summed E-state index contributed by atoms with van der Waals surface area (Å²) < 4.78 is 5.72. The van der Waals surface area contributed by atoms with Gasteiger partial charge in [0, 0.05) is 38.0 Å². The Morgan fingerprint density at radius 3 is 2.50 bits per heavy atom. The zero-order valence-electron chi connectivity index (χ0n) is 12.8. The Bertz CT molecular complexity index is 466. The largest absolute Gasteiger partial charge is 0.382 e. The number of nitrogens with one attached hydrogen (secondary N) is 1. The molecule has 0 aliphatic carbocycles. The van der Waals surface area contributed by atoms with Crippen molar-refractivity contribution in [2.24, 2.45) is 0 Å². The molecule has 1 N–H and O–H groups in total. The maximum Gasteiger partial charge on any atom is 0.253 e. The number of hydrogen-bond donors (Lipinski definition) is 1. The molecule has 4 nitrogen and oxygen atoms in total. The van der Waals surface area contributed by atoms with E-state index >= 15 is 0 Å². The van der Waals surface area contributed by atoms with Crippen molar-refractivity contribution in [3.05, 3.63) is 29.8 Å². The second kappa shape index (κ2) is 5.83. The lowest BCUT2D eigenvalue weighted by atomic mass is 9.94. The number of hydrogen-bond acceptors (Lipinski definition) is 3. The van der Waals surface area contributed by atoms with Crippen LogP contribution in [-0.4, -0.2) is 43.2 Å². The first-order valence-corrected chi connectivity index (χ1v) is 7.10. The average molecular weight is 276 g/mol. The van der Waals surface area contributed by atoms with Crippen LogP contribution in [-0.2, 0) is 4.74 Å². The molecule has 2 rings (SSSR count). The number of carbonyl (C=O) groups is 1. The minimum absolute atomic E-state index is 0.0312. The van der Waals surface area contributed by atoms with E-state index in [1.165, 1.54) is 0 Å². The van der Waals surface area contributed by atoms with Crippen LogP contribution in [0.1, 0.15) is 37.0 Å². The van der Waals surface area contributed by atoms with Crippen molar-refractivity contribution in [3.63, 3.8) is 0 Å². The molecular formula is C16H24N2O2. The number of carbonyl (C=O) groups excluding carboxylic acids is 1. The zero-order chi connectivity index (χ0) is 14.8. The highest BCUT2D eigenvalue weighted by Crippen LogP contribution is 2.26. The van der Waals surface area contributed by atoms with Crippen molar-refractivity contribution in [2.75, 3.05) is 26.0 Å². The summed E-state index contributed by atoms with van der Waals surface area (Å²) in [7, 11) is 3.53. The van der Waals surface area contributed by atoms with Crippen LogP contribution >= 0.6 is 0 Å². The van der Waals surface area contributed by atoms with Crippen LogP contribution in [0.25, 0.3) is 0 Å². The van der Waals surface area contributed by atoms with Crippen molar-refractivity contribution in [2.45, 2.75) is 38.3 Å². The molecule has 110 valence electrons. The zero-order valence-corrected chi connectivity index (χ0v) is 12.8. The molecule has 0 bridgehead atoms. The number of nitrogens with zero attached hydrogens (tertiary/aromatic N) is 1. The first-order chi connectivity index (χ1) is 9.37. The SMILES string of the molecule is CN(C)C(=O)c1ccc(NC2CCOC(C)(C)C2)cc1. The van der Waals surface area contributed by atoms with E-state index in [9.17, 15) is 4.79 Å². The van der Waals surface area contributed by atoms with Gasteiger partial charge in [0.25, 0.3) is 5.91 Å². The molecule has 1 heterocycles. The summed E-state index contributed by atoms with van der Waals surface area (Å²) in [5, 5.41) is 3.53. The quantitative estimate of drug-likeness (QED) is 0.923. The normalized spacial score (nSPS) is 21.3. The summed E-state index contributed by atoms with van der Waals surface area (Å²) in [6, 6.07) is 8.11. The first-order valence-electron chi connectivity index (χ1n) is 7.10.